The lowest BCUT2D eigenvalue weighted by Crippen LogP contribution is -2.46. The molecule has 7 heteroatoms. The van der Waals surface area contributed by atoms with Crippen LogP contribution < -0.4 is 4.74 Å². The predicted molar refractivity (Wildman–Crippen MR) is 103 cm³/mol. The quantitative estimate of drug-likeness (QED) is 0.684. The summed E-state index contributed by atoms with van der Waals surface area (Å²) < 4.78 is 29.1. The molecule has 0 saturated carbocycles. The molecule has 0 bridgehead atoms. The van der Waals surface area contributed by atoms with E-state index in [1.54, 1.807) is 4.90 Å². The molecule has 0 spiro atoms. The van der Waals surface area contributed by atoms with Crippen molar-refractivity contribution in [3.63, 3.8) is 0 Å². The number of sulfone groups is 1. The second-order valence-electron chi connectivity index (χ2n) is 7.15. The number of amides is 1. The highest BCUT2D eigenvalue weighted by atomic mass is 32.2. The minimum absolute atomic E-state index is 0.0245. The number of hydrogen-bond acceptors (Lipinski definition) is 5. The standard InChI is InChI=1S/C19H30N2O4S/c1-5-21(17-6-9-26(23,24)14-17)19(22)13-20(4)7-8-25-18-11-15(2)10-16(3)12-18/h10-12,17H,5-9,13-14H2,1-4H3. The number of nitrogens with zero attached hydrogens (tertiary/aromatic N) is 2. The summed E-state index contributed by atoms with van der Waals surface area (Å²) in [5.41, 5.74) is 2.32. The largest absolute Gasteiger partial charge is 0.492 e. The molecule has 1 aliphatic rings. The maximum atomic E-state index is 12.6. The van der Waals surface area contributed by atoms with Crippen LogP contribution in [-0.4, -0.2) is 75.0 Å². The lowest BCUT2D eigenvalue weighted by molar-refractivity contribution is -0.133. The number of rotatable bonds is 8. The number of carbonyl (C=O) groups is 1. The normalized spacial score (nSPS) is 18.9. The first-order valence-corrected chi connectivity index (χ1v) is 10.9. The summed E-state index contributed by atoms with van der Waals surface area (Å²) in [6, 6.07) is 5.91. The molecule has 1 unspecified atom stereocenters. The molecule has 1 aromatic carbocycles. The van der Waals surface area contributed by atoms with Gasteiger partial charge >= 0.3 is 0 Å². The van der Waals surface area contributed by atoms with Crippen molar-refractivity contribution in [3.05, 3.63) is 29.3 Å². The fourth-order valence-corrected chi connectivity index (χ4v) is 5.13. The van der Waals surface area contributed by atoms with E-state index in [1.807, 2.05) is 44.9 Å². The summed E-state index contributed by atoms with van der Waals surface area (Å²) in [7, 11) is -1.12. The van der Waals surface area contributed by atoms with Crippen LogP contribution in [0.3, 0.4) is 0 Å². The fourth-order valence-electron chi connectivity index (χ4n) is 3.40. The smallest absolute Gasteiger partial charge is 0.237 e. The fraction of sp³-hybridized carbons (Fsp3) is 0.632. The van der Waals surface area contributed by atoms with Gasteiger partial charge in [-0.3, -0.25) is 9.69 Å². The monoisotopic (exact) mass is 382 g/mol. The minimum atomic E-state index is -2.99. The van der Waals surface area contributed by atoms with Crippen LogP contribution in [0.1, 0.15) is 24.5 Å². The molecule has 2 rings (SSSR count). The van der Waals surface area contributed by atoms with E-state index in [4.69, 9.17) is 4.74 Å². The number of aryl methyl sites for hydroxylation is 2. The molecule has 146 valence electrons. The van der Waals surface area contributed by atoms with E-state index < -0.39 is 9.84 Å². The van der Waals surface area contributed by atoms with Gasteiger partial charge in [0.05, 0.1) is 18.1 Å². The highest BCUT2D eigenvalue weighted by Gasteiger charge is 2.33. The van der Waals surface area contributed by atoms with E-state index in [9.17, 15) is 13.2 Å². The van der Waals surface area contributed by atoms with Gasteiger partial charge < -0.3 is 9.64 Å². The highest BCUT2D eigenvalue weighted by molar-refractivity contribution is 7.91. The van der Waals surface area contributed by atoms with Gasteiger partial charge in [-0.2, -0.15) is 0 Å². The molecular formula is C19H30N2O4S. The highest BCUT2D eigenvalue weighted by Crippen LogP contribution is 2.18. The molecule has 1 aliphatic heterocycles. The van der Waals surface area contributed by atoms with Crippen molar-refractivity contribution in [1.29, 1.82) is 0 Å². The summed E-state index contributed by atoms with van der Waals surface area (Å²) >= 11 is 0. The van der Waals surface area contributed by atoms with E-state index >= 15 is 0 Å². The maximum absolute atomic E-state index is 12.6. The van der Waals surface area contributed by atoms with Gasteiger partial charge in [0.15, 0.2) is 9.84 Å². The van der Waals surface area contributed by atoms with Crippen LogP contribution >= 0.6 is 0 Å². The Labute approximate surface area is 157 Å². The summed E-state index contributed by atoms with van der Waals surface area (Å²) in [6.07, 6.45) is 0.543. The molecule has 26 heavy (non-hydrogen) atoms. The van der Waals surface area contributed by atoms with Gasteiger partial charge in [-0.1, -0.05) is 6.07 Å². The lowest BCUT2D eigenvalue weighted by atomic mass is 10.1. The van der Waals surface area contributed by atoms with Crippen LogP contribution in [0.15, 0.2) is 18.2 Å². The maximum Gasteiger partial charge on any atom is 0.237 e. The third-order valence-electron chi connectivity index (χ3n) is 4.65. The average Bonchev–Trinajstić information content (AvgIpc) is 2.86. The second-order valence-corrected chi connectivity index (χ2v) is 9.37. The van der Waals surface area contributed by atoms with Crippen LogP contribution in [0.25, 0.3) is 0 Å². The molecule has 6 nitrogen and oxygen atoms in total. The third-order valence-corrected chi connectivity index (χ3v) is 6.40. The Morgan fingerprint density at radius 3 is 2.42 bits per heavy atom. The summed E-state index contributed by atoms with van der Waals surface area (Å²) in [4.78, 5) is 16.2. The van der Waals surface area contributed by atoms with Gasteiger partial charge in [0.25, 0.3) is 0 Å². The number of carbonyl (C=O) groups excluding carboxylic acids is 1. The molecule has 1 saturated heterocycles. The summed E-state index contributed by atoms with van der Waals surface area (Å²) in [6.45, 7) is 7.88. The average molecular weight is 383 g/mol. The molecule has 1 fully saturated rings. The molecule has 1 atom stereocenters. The number of benzene rings is 1. The number of hydrogen-bond donors (Lipinski definition) is 0. The molecule has 0 aromatic heterocycles. The van der Waals surface area contributed by atoms with Crippen molar-refractivity contribution in [1.82, 2.24) is 9.80 Å². The van der Waals surface area contributed by atoms with E-state index in [0.29, 0.717) is 26.1 Å². The number of likely N-dealkylation sites (N-methyl/N-ethyl adjacent to an activating group) is 2. The van der Waals surface area contributed by atoms with Crippen LogP contribution in [-0.2, 0) is 14.6 Å². The van der Waals surface area contributed by atoms with Crippen LogP contribution in [0, 0.1) is 13.8 Å². The molecule has 0 radical (unpaired) electrons. The van der Waals surface area contributed by atoms with Crippen molar-refractivity contribution in [2.45, 2.75) is 33.2 Å². The Morgan fingerprint density at radius 1 is 1.23 bits per heavy atom. The molecule has 0 aliphatic carbocycles. The lowest BCUT2D eigenvalue weighted by Gasteiger charge is -2.29. The first-order valence-electron chi connectivity index (χ1n) is 9.09. The van der Waals surface area contributed by atoms with Crippen molar-refractivity contribution >= 4 is 15.7 Å². The topological polar surface area (TPSA) is 66.9 Å². The van der Waals surface area contributed by atoms with Crippen molar-refractivity contribution < 1.29 is 17.9 Å². The van der Waals surface area contributed by atoms with Crippen LogP contribution in [0.2, 0.25) is 0 Å². The molecule has 0 N–H and O–H groups in total. The van der Waals surface area contributed by atoms with Gasteiger partial charge in [0.1, 0.15) is 12.4 Å². The zero-order chi connectivity index (χ0) is 19.3. The summed E-state index contributed by atoms with van der Waals surface area (Å²) in [5, 5.41) is 0. The van der Waals surface area contributed by atoms with E-state index in [2.05, 4.69) is 6.07 Å². The van der Waals surface area contributed by atoms with Crippen molar-refractivity contribution in [2.24, 2.45) is 0 Å². The Kier molecular flexibility index (Phi) is 7.06. The van der Waals surface area contributed by atoms with E-state index in [0.717, 1.165) is 16.9 Å². The Balaban J connectivity index is 1.80. The zero-order valence-electron chi connectivity index (χ0n) is 16.2. The minimum Gasteiger partial charge on any atom is -0.492 e. The van der Waals surface area contributed by atoms with Gasteiger partial charge in [-0.25, -0.2) is 8.42 Å². The third kappa shape index (κ3) is 5.99. The first kappa shape index (κ1) is 20.7. The van der Waals surface area contributed by atoms with Gasteiger partial charge in [-0.15, -0.1) is 0 Å². The zero-order valence-corrected chi connectivity index (χ0v) is 17.0. The van der Waals surface area contributed by atoms with Gasteiger partial charge in [0, 0.05) is 19.1 Å². The van der Waals surface area contributed by atoms with Gasteiger partial charge in [-0.05, 0) is 57.5 Å². The number of ether oxygens (including phenoxy) is 1. The Hall–Kier alpha value is -1.60. The van der Waals surface area contributed by atoms with E-state index in [1.165, 1.54) is 0 Å². The Bertz CT molecular complexity index is 713. The molecular weight excluding hydrogens is 352 g/mol. The predicted octanol–water partition coefficient (Wildman–Crippen LogP) is 1.65. The second kappa shape index (κ2) is 8.86. The Morgan fingerprint density at radius 2 is 1.88 bits per heavy atom. The molecule has 1 heterocycles. The van der Waals surface area contributed by atoms with Crippen molar-refractivity contribution in [3.8, 4) is 5.75 Å². The SMILES string of the molecule is CCN(C(=O)CN(C)CCOc1cc(C)cc(C)c1)C1CCS(=O)(=O)C1. The van der Waals surface area contributed by atoms with E-state index in [-0.39, 0.29) is 30.0 Å². The molecule has 1 aromatic rings. The first-order chi connectivity index (χ1) is 12.2. The summed E-state index contributed by atoms with van der Waals surface area (Å²) in [5.74, 6) is 1.09. The van der Waals surface area contributed by atoms with Gasteiger partial charge in [0.2, 0.25) is 5.91 Å². The van der Waals surface area contributed by atoms with Crippen molar-refractivity contribution in [2.75, 3.05) is 44.8 Å². The van der Waals surface area contributed by atoms with Crippen LogP contribution in [0.5, 0.6) is 5.75 Å². The van der Waals surface area contributed by atoms with Crippen LogP contribution in [0.4, 0.5) is 0 Å². The molecule has 1 amide bonds.